The van der Waals surface area contributed by atoms with Crippen LogP contribution in [0, 0.1) is 6.92 Å². The lowest BCUT2D eigenvalue weighted by molar-refractivity contribution is 0.639. The van der Waals surface area contributed by atoms with Gasteiger partial charge in [-0.2, -0.15) is 0 Å². The molecule has 1 atom stereocenters. The van der Waals surface area contributed by atoms with Crippen LogP contribution in [0.4, 0.5) is 11.5 Å². The summed E-state index contributed by atoms with van der Waals surface area (Å²) in [5.74, 6) is 0.877. The molecule has 5 N–H and O–H groups in total. The topological polar surface area (TPSA) is 77.0 Å². The summed E-state index contributed by atoms with van der Waals surface area (Å²) < 4.78 is 0. The van der Waals surface area contributed by atoms with Crippen LogP contribution in [0.3, 0.4) is 0 Å². The summed E-state index contributed by atoms with van der Waals surface area (Å²) >= 11 is 0. The molecule has 4 heteroatoms. The third-order valence-electron chi connectivity index (χ3n) is 2.49. The van der Waals surface area contributed by atoms with E-state index < -0.39 is 0 Å². The van der Waals surface area contributed by atoms with Crippen LogP contribution >= 0.6 is 0 Å². The number of pyridine rings is 1. The van der Waals surface area contributed by atoms with Gasteiger partial charge in [0.25, 0.3) is 0 Å². The van der Waals surface area contributed by atoms with Crippen molar-refractivity contribution in [3.8, 4) is 0 Å². The zero-order chi connectivity index (χ0) is 11.3. The van der Waals surface area contributed by atoms with Crippen molar-refractivity contribution in [2.24, 2.45) is 5.73 Å². The molecule has 1 rings (SSSR count). The third-order valence-corrected chi connectivity index (χ3v) is 2.49. The van der Waals surface area contributed by atoms with Gasteiger partial charge >= 0.3 is 0 Å². The molecule has 0 aliphatic heterocycles. The summed E-state index contributed by atoms with van der Waals surface area (Å²) in [7, 11) is 0. The fourth-order valence-corrected chi connectivity index (χ4v) is 1.44. The van der Waals surface area contributed by atoms with Crippen molar-refractivity contribution in [3.63, 3.8) is 0 Å². The van der Waals surface area contributed by atoms with Gasteiger partial charge in [0, 0.05) is 6.04 Å². The van der Waals surface area contributed by atoms with E-state index in [4.69, 9.17) is 11.5 Å². The second kappa shape index (κ2) is 5.56. The normalized spacial score (nSPS) is 12.5. The number of aromatic nitrogens is 1. The monoisotopic (exact) mass is 208 g/mol. The number of hydrogen-bond donors (Lipinski definition) is 3. The maximum Gasteiger partial charge on any atom is 0.126 e. The number of rotatable bonds is 5. The molecule has 1 unspecified atom stereocenters. The minimum absolute atomic E-state index is 0.394. The molecule has 0 bridgehead atoms. The molecule has 1 aromatic rings. The average molecular weight is 208 g/mol. The number of nitrogens with two attached hydrogens (primary N) is 2. The molecule has 0 aliphatic carbocycles. The molecule has 15 heavy (non-hydrogen) atoms. The molecular formula is C11H20N4. The van der Waals surface area contributed by atoms with Gasteiger partial charge < -0.3 is 16.8 Å². The molecule has 0 spiro atoms. The first kappa shape index (κ1) is 11.8. The Labute approximate surface area is 91.1 Å². The Hall–Kier alpha value is -1.29. The highest BCUT2D eigenvalue weighted by molar-refractivity contribution is 5.49. The van der Waals surface area contributed by atoms with Crippen LogP contribution < -0.4 is 16.8 Å². The number of aryl methyl sites for hydroxylation is 1. The highest BCUT2D eigenvalue weighted by Crippen LogP contribution is 2.14. The van der Waals surface area contributed by atoms with E-state index in [-0.39, 0.29) is 0 Å². The summed E-state index contributed by atoms with van der Waals surface area (Å²) in [6.45, 7) is 4.74. The van der Waals surface area contributed by atoms with Gasteiger partial charge in [0.2, 0.25) is 0 Å². The molecule has 0 saturated heterocycles. The van der Waals surface area contributed by atoms with Crippen molar-refractivity contribution in [1.82, 2.24) is 4.98 Å². The first-order valence-electron chi connectivity index (χ1n) is 5.37. The van der Waals surface area contributed by atoms with E-state index in [9.17, 15) is 0 Å². The van der Waals surface area contributed by atoms with Crippen LogP contribution in [-0.2, 0) is 0 Å². The smallest absolute Gasteiger partial charge is 0.126 e. The van der Waals surface area contributed by atoms with Gasteiger partial charge in [0.15, 0.2) is 0 Å². The lowest BCUT2D eigenvalue weighted by Crippen LogP contribution is -2.22. The minimum atomic E-state index is 0.394. The second-order valence-electron chi connectivity index (χ2n) is 3.70. The van der Waals surface area contributed by atoms with E-state index in [0.29, 0.717) is 12.6 Å². The van der Waals surface area contributed by atoms with Crippen molar-refractivity contribution in [1.29, 1.82) is 0 Å². The van der Waals surface area contributed by atoms with E-state index in [1.807, 2.05) is 19.1 Å². The van der Waals surface area contributed by atoms with Gasteiger partial charge in [0.1, 0.15) is 5.82 Å². The standard InChI is InChI=1S/C11H20N4/c1-3-9(6-7-12)15-11-5-4-10(13)8(2)14-11/h4-5,9H,3,6-7,12-13H2,1-2H3,(H,14,15). The fraction of sp³-hybridized carbons (Fsp3) is 0.545. The lowest BCUT2D eigenvalue weighted by Gasteiger charge is -2.17. The van der Waals surface area contributed by atoms with Gasteiger partial charge in [0.05, 0.1) is 11.4 Å². The summed E-state index contributed by atoms with van der Waals surface area (Å²) in [6, 6.07) is 4.17. The first-order chi connectivity index (χ1) is 7.17. The predicted molar refractivity (Wildman–Crippen MR) is 64.8 cm³/mol. The van der Waals surface area contributed by atoms with Crippen LogP contribution in [0.1, 0.15) is 25.5 Å². The molecule has 4 nitrogen and oxygen atoms in total. The van der Waals surface area contributed by atoms with E-state index in [1.165, 1.54) is 0 Å². The Morgan fingerprint density at radius 1 is 1.47 bits per heavy atom. The van der Waals surface area contributed by atoms with Crippen LogP contribution in [0.2, 0.25) is 0 Å². The molecule has 0 fully saturated rings. The molecule has 0 aromatic carbocycles. The fourth-order valence-electron chi connectivity index (χ4n) is 1.44. The van der Waals surface area contributed by atoms with E-state index in [2.05, 4.69) is 17.2 Å². The van der Waals surface area contributed by atoms with Gasteiger partial charge in [-0.25, -0.2) is 4.98 Å². The Balaban J connectivity index is 2.66. The van der Waals surface area contributed by atoms with Crippen molar-refractivity contribution >= 4 is 11.5 Å². The molecule has 84 valence electrons. The molecule has 0 radical (unpaired) electrons. The average Bonchev–Trinajstić information content (AvgIpc) is 2.23. The van der Waals surface area contributed by atoms with Crippen LogP contribution in [0.15, 0.2) is 12.1 Å². The van der Waals surface area contributed by atoms with Crippen molar-refractivity contribution in [3.05, 3.63) is 17.8 Å². The van der Waals surface area contributed by atoms with Gasteiger partial charge in [-0.05, 0) is 38.4 Å². The van der Waals surface area contributed by atoms with E-state index in [0.717, 1.165) is 30.0 Å². The summed E-state index contributed by atoms with van der Waals surface area (Å²) in [5, 5.41) is 3.35. The zero-order valence-corrected chi connectivity index (χ0v) is 9.46. The van der Waals surface area contributed by atoms with Crippen LogP contribution in [-0.4, -0.2) is 17.6 Å². The Morgan fingerprint density at radius 2 is 2.20 bits per heavy atom. The van der Waals surface area contributed by atoms with Crippen LogP contribution in [0.5, 0.6) is 0 Å². The van der Waals surface area contributed by atoms with E-state index >= 15 is 0 Å². The zero-order valence-electron chi connectivity index (χ0n) is 9.46. The predicted octanol–water partition coefficient (Wildman–Crippen LogP) is 1.51. The van der Waals surface area contributed by atoms with Gasteiger partial charge in [-0.3, -0.25) is 0 Å². The summed E-state index contributed by atoms with van der Waals surface area (Å²) in [4.78, 5) is 4.37. The number of nitrogens with zero attached hydrogens (tertiary/aromatic N) is 1. The Bertz CT molecular complexity index is 311. The second-order valence-corrected chi connectivity index (χ2v) is 3.70. The van der Waals surface area contributed by atoms with Crippen LogP contribution in [0.25, 0.3) is 0 Å². The maximum atomic E-state index is 5.70. The molecular weight excluding hydrogens is 188 g/mol. The van der Waals surface area contributed by atoms with Crippen molar-refractivity contribution in [2.45, 2.75) is 32.7 Å². The highest BCUT2D eigenvalue weighted by Gasteiger charge is 2.06. The maximum absolute atomic E-state index is 5.70. The lowest BCUT2D eigenvalue weighted by atomic mass is 10.1. The molecule has 0 aliphatic rings. The quantitative estimate of drug-likeness (QED) is 0.685. The third kappa shape index (κ3) is 3.40. The molecule has 0 saturated carbocycles. The minimum Gasteiger partial charge on any atom is -0.397 e. The molecule has 1 heterocycles. The van der Waals surface area contributed by atoms with Crippen molar-refractivity contribution in [2.75, 3.05) is 17.6 Å². The SMILES string of the molecule is CCC(CCN)Nc1ccc(N)c(C)n1. The highest BCUT2D eigenvalue weighted by atomic mass is 15.0. The number of anilines is 2. The van der Waals surface area contributed by atoms with Gasteiger partial charge in [-0.1, -0.05) is 6.92 Å². The summed E-state index contributed by atoms with van der Waals surface area (Å²) in [6.07, 6.45) is 2.00. The molecule has 0 amide bonds. The van der Waals surface area contributed by atoms with Gasteiger partial charge in [-0.15, -0.1) is 0 Å². The Kier molecular flexibility index (Phi) is 4.37. The number of nitrogens with one attached hydrogen (secondary N) is 1. The molecule has 1 aromatic heterocycles. The Morgan fingerprint density at radius 3 is 2.73 bits per heavy atom. The largest absolute Gasteiger partial charge is 0.397 e. The van der Waals surface area contributed by atoms with Crippen molar-refractivity contribution < 1.29 is 0 Å². The summed E-state index contributed by atoms with van der Waals surface area (Å²) in [5.41, 5.74) is 12.8. The van der Waals surface area contributed by atoms with E-state index in [1.54, 1.807) is 0 Å². The number of nitrogen functional groups attached to an aromatic ring is 1. The first-order valence-corrected chi connectivity index (χ1v) is 5.37. The number of hydrogen-bond acceptors (Lipinski definition) is 4.